The van der Waals surface area contributed by atoms with Crippen LogP contribution in [0.25, 0.3) is 11.2 Å². The Balaban J connectivity index is 1.94. The Morgan fingerprint density at radius 2 is 2.05 bits per heavy atom. The summed E-state index contributed by atoms with van der Waals surface area (Å²) in [5.41, 5.74) is 6.67. The summed E-state index contributed by atoms with van der Waals surface area (Å²) in [4.78, 5) is 12.2. The minimum atomic E-state index is -1.04. The Bertz CT molecular complexity index is 644. The fourth-order valence-corrected chi connectivity index (χ4v) is 2.67. The first-order chi connectivity index (χ1) is 9.99. The Morgan fingerprint density at radius 3 is 2.76 bits per heavy atom. The number of anilines is 1. The number of fused-ring (bicyclic) bond motifs is 1. The van der Waals surface area contributed by atoms with Gasteiger partial charge in [0.2, 0.25) is 0 Å². The molecule has 3 rings (SSSR count). The van der Waals surface area contributed by atoms with Crippen LogP contribution in [-0.2, 0) is 4.74 Å². The molecule has 21 heavy (non-hydrogen) atoms. The van der Waals surface area contributed by atoms with Gasteiger partial charge in [0.25, 0.3) is 0 Å². The van der Waals surface area contributed by atoms with E-state index in [4.69, 9.17) is 10.5 Å². The lowest BCUT2D eigenvalue weighted by atomic mass is 10.0. The van der Waals surface area contributed by atoms with E-state index in [1.165, 1.54) is 12.7 Å². The molecule has 8 nitrogen and oxygen atoms in total. The van der Waals surface area contributed by atoms with Crippen molar-refractivity contribution in [2.45, 2.75) is 44.8 Å². The number of hydrogen-bond donors (Lipinski definition) is 3. The van der Waals surface area contributed by atoms with Crippen LogP contribution in [0.4, 0.5) is 5.82 Å². The van der Waals surface area contributed by atoms with Gasteiger partial charge in [-0.25, -0.2) is 15.0 Å². The summed E-state index contributed by atoms with van der Waals surface area (Å²) in [7, 11) is 0. The van der Waals surface area contributed by atoms with Crippen LogP contribution >= 0.6 is 0 Å². The van der Waals surface area contributed by atoms with Gasteiger partial charge in [0.15, 0.2) is 17.7 Å². The molecule has 4 atom stereocenters. The van der Waals surface area contributed by atoms with E-state index < -0.39 is 24.5 Å². The third-order valence-electron chi connectivity index (χ3n) is 3.70. The zero-order valence-electron chi connectivity index (χ0n) is 11.9. The van der Waals surface area contributed by atoms with Gasteiger partial charge in [-0.3, -0.25) is 4.57 Å². The van der Waals surface area contributed by atoms with Crippen molar-refractivity contribution < 1.29 is 14.9 Å². The van der Waals surface area contributed by atoms with Gasteiger partial charge in [-0.1, -0.05) is 13.8 Å². The van der Waals surface area contributed by atoms with Crippen molar-refractivity contribution in [1.29, 1.82) is 0 Å². The van der Waals surface area contributed by atoms with Gasteiger partial charge in [0.05, 0.1) is 12.4 Å². The molecule has 2 aromatic rings. The number of nitrogens with two attached hydrogens (primary N) is 1. The number of ether oxygens (including phenoxy) is 1. The Morgan fingerprint density at radius 1 is 1.29 bits per heavy atom. The van der Waals surface area contributed by atoms with E-state index in [1.807, 2.05) is 13.8 Å². The predicted molar refractivity (Wildman–Crippen MR) is 75.1 cm³/mol. The molecule has 1 unspecified atom stereocenters. The number of aliphatic hydroxyl groups is 2. The van der Waals surface area contributed by atoms with Crippen molar-refractivity contribution in [1.82, 2.24) is 19.5 Å². The highest BCUT2D eigenvalue weighted by atomic mass is 16.6. The van der Waals surface area contributed by atoms with Gasteiger partial charge in [-0.2, -0.15) is 0 Å². The van der Waals surface area contributed by atoms with Crippen LogP contribution in [-0.4, -0.2) is 48.0 Å². The molecule has 2 aromatic heterocycles. The second-order valence-corrected chi connectivity index (χ2v) is 5.76. The average Bonchev–Trinajstić information content (AvgIpc) is 2.96. The SMILES string of the molecule is CC(C)C[C@H]1OC(n2cnc3c(N)ncnc32)[C@H](O)[C@@H]1O. The summed E-state index contributed by atoms with van der Waals surface area (Å²) in [5, 5.41) is 20.4. The summed E-state index contributed by atoms with van der Waals surface area (Å²) >= 11 is 0. The zero-order valence-corrected chi connectivity index (χ0v) is 11.9. The largest absolute Gasteiger partial charge is 0.388 e. The number of imidazole rings is 1. The van der Waals surface area contributed by atoms with E-state index in [1.54, 1.807) is 4.57 Å². The summed E-state index contributed by atoms with van der Waals surface area (Å²) in [5.74, 6) is 0.624. The number of rotatable bonds is 3. The molecular formula is C13H19N5O3. The van der Waals surface area contributed by atoms with E-state index in [0.29, 0.717) is 23.5 Å². The molecule has 8 heteroatoms. The molecule has 0 aliphatic carbocycles. The smallest absolute Gasteiger partial charge is 0.167 e. The van der Waals surface area contributed by atoms with Crippen LogP contribution in [0.3, 0.4) is 0 Å². The van der Waals surface area contributed by atoms with E-state index >= 15 is 0 Å². The minimum absolute atomic E-state index is 0.269. The lowest BCUT2D eigenvalue weighted by Gasteiger charge is -2.17. The Labute approximate surface area is 121 Å². The van der Waals surface area contributed by atoms with Crippen molar-refractivity contribution in [3.8, 4) is 0 Å². The first-order valence-corrected chi connectivity index (χ1v) is 6.93. The molecule has 1 aliphatic heterocycles. The average molecular weight is 293 g/mol. The van der Waals surface area contributed by atoms with Crippen LogP contribution in [0.5, 0.6) is 0 Å². The standard InChI is InChI=1S/C13H19N5O3/c1-6(2)3-7-9(19)10(20)13(21-7)18-5-17-8-11(14)15-4-16-12(8)18/h4-7,9-10,13,19-20H,3H2,1-2H3,(H2,14,15,16)/t7-,9-,10-,13?/m1/s1. The molecule has 0 radical (unpaired) electrons. The maximum Gasteiger partial charge on any atom is 0.167 e. The highest BCUT2D eigenvalue weighted by molar-refractivity contribution is 5.81. The van der Waals surface area contributed by atoms with Crippen molar-refractivity contribution in [3.05, 3.63) is 12.7 Å². The van der Waals surface area contributed by atoms with E-state index in [2.05, 4.69) is 15.0 Å². The number of nitrogen functional groups attached to an aromatic ring is 1. The Hall–Kier alpha value is -1.77. The van der Waals surface area contributed by atoms with Gasteiger partial charge < -0.3 is 20.7 Å². The van der Waals surface area contributed by atoms with Gasteiger partial charge in [0, 0.05) is 0 Å². The highest BCUT2D eigenvalue weighted by Crippen LogP contribution is 2.34. The van der Waals surface area contributed by atoms with Crippen LogP contribution in [0.1, 0.15) is 26.5 Å². The van der Waals surface area contributed by atoms with Crippen molar-refractivity contribution in [2.24, 2.45) is 5.92 Å². The number of hydrogen-bond acceptors (Lipinski definition) is 7. The monoisotopic (exact) mass is 293 g/mol. The quantitative estimate of drug-likeness (QED) is 0.732. The third-order valence-corrected chi connectivity index (χ3v) is 3.70. The Kier molecular flexibility index (Phi) is 3.52. The van der Waals surface area contributed by atoms with E-state index in [9.17, 15) is 10.2 Å². The normalized spacial score (nSPS) is 29.6. The fourth-order valence-electron chi connectivity index (χ4n) is 2.67. The molecular weight excluding hydrogens is 274 g/mol. The lowest BCUT2D eigenvalue weighted by molar-refractivity contribution is -0.0401. The molecule has 0 saturated carbocycles. The molecule has 114 valence electrons. The fraction of sp³-hybridized carbons (Fsp3) is 0.615. The van der Waals surface area contributed by atoms with Crippen LogP contribution < -0.4 is 5.73 Å². The van der Waals surface area contributed by atoms with Gasteiger partial charge >= 0.3 is 0 Å². The summed E-state index contributed by atoms with van der Waals surface area (Å²) in [6, 6.07) is 0. The third kappa shape index (κ3) is 2.35. The predicted octanol–water partition coefficient (Wildman–Crippen LogP) is 0.0738. The molecule has 1 aliphatic rings. The summed E-state index contributed by atoms with van der Waals surface area (Å²) in [6.45, 7) is 4.08. The van der Waals surface area contributed by atoms with E-state index in [-0.39, 0.29) is 5.82 Å². The molecule has 0 amide bonds. The van der Waals surface area contributed by atoms with Gasteiger partial charge in [-0.15, -0.1) is 0 Å². The van der Waals surface area contributed by atoms with Gasteiger partial charge in [-0.05, 0) is 12.3 Å². The summed E-state index contributed by atoms with van der Waals surface area (Å²) in [6.07, 6.45) is 0.368. The maximum absolute atomic E-state index is 10.2. The molecule has 0 spiro atoms. The molecule has 0 aromatic carbocycles. The zero-order chi connectivity index (χ0) is 15.1. The van der Waals surface area contributed by atoms with Crippen LogP contribution in [0, 0.1) is 5.92 Å². The topological polar surface area (TPSA) is 119 Å². The second kappa shape index (κ2) is 5.21. The van der Waals surface area contributed by atoms with Gasteiger partial charge in [0.1, 0.15) is 24.1 Å². The first-order valence-electron chi connectivity index (χ1n) is 6.93. The number of nitrogens with zero attached hydrogens (tertiary/aromatic N) is 4. The minimum Gasteiger partial charge on any atom is -0.388 e. The van der Waals surface area contributed by atoms with Crippen molar-refractivity contribution in [3.63, 3.8) is 0 Å². The molecule has 3 heterocycles. The molecule has 1 fully saturated rings. The number of aromatic nitrogens is 4. The van der Waals surface area contributed by atoms with Crippen LogP contribution in [0.15, 0.2) is 12.7 Å². The molecule has 4 N–H and O–H groups in total. The molecule has 0 bridgehead atoms. The van der Waals surface area contributed by atoms with Crippen LogP contribution in [0.2, 0.25) is 0 Å². The first kappa shape index (κ1) is 14.2. The maximum atomic E-state index is 10.2. The van der Waals surface area contributed by atoms with Crippen molar-refractivity contribution in [2.75, 3.05) is 5.73 Å². The molecule has 1 saturated heterocycles. The van der Waals surface area contributed by atoms with E-state index in [0.717, 1.165) is 0 Å². The summed E-state index contributed by atoms with van der Waals surface area (Å²) < 4.78 is 7.40. The number of aliphatic hydroxyl groups excluding tert-OH is 2. The second-order valence-electron chi connectivity index (χ2n) is 5.76. The van der Waals surface area contributed by atoms with Crippen molar-refractivity contribution >= 4 is 17.0 Å². The highest BCUT2D eigenvalue weighted by Gasteiger charge is 2.44. The lowest BCUT2D eigenvalue weighted by Crippen LogP contribution is -2.32.